The normalized spacial score (nSPS) is 20.5. The van der Waals surface area contributed by atoms with Gasteiger partial charge in [-0.3, -0.25) is 14.7 Å². The third kappa shape index (κ3) is 5.98. The van der Waals surface area contributed by atoms with E-state index < -0.39 is 5.92 Å². The molecule has 1 N–H and O–H groups in total. The number of hydrogen-bond donors (Lipinski definition) is 1. The van der Waals surface area contributed by atoms with Crippen molar-refractivity contribution in [2.75, 3.05) is 12.3 Å². The largest absolute Gasteiger partial charge is 0.348 e. The molecule has 4 rings (SSSR count). The van der Waals surface area contributed by atoms with Crippen LogP contribution in [0.15, 0.2) is 41.4 Å². The van der Waals surface area contributed by atoms with E-state index in [9.17, 15) is 13.6 Å². The predicted octanol–water partition coefficient (Wildman–Crippen LogP) is 6.46. The molecule has 0 spiro atoms. The standard InChI is InChI=1S/C27H35F2N3OS/c1-4-34-23-7-5-19(6-8-23)14-31-26(33)21-13-22-17-32(25(18(2)3)24(22)30-15-21)16-20-9-11-27(28,29)12-10-20/h5-8,13,15,18,20,25H,4,9-12,14,16-17H2,1-3H3,(H,31,33). The Morgan fingerprint density at radius 1 is 1.24 bits per heavy atom. The summed E-state index contributed by atoms with van der Waals surface area (Å²) < 4.78 is 27.2. The van der Waals surface area contributed by atoms with Crippen molar-refractivity contribution in [2.45, 2.75) is 76.4 Å². The second-order valence-electron chi connectivity index (χ2n) is 9.95. The molecule has 2 heterocycles. The Balaban J connectivity index is 1.39. The van der Waals surface area contributed by atoms with E-state index in [0.29, 0.717) is 36.8 Å². The van der Waals surface area contributed by atoms with Crippen LogP contribution in [0.3, 0.4) is 0 Å². The van der Waals surface area contributed by atoms with Gasteiger partial charge in [-0.05, 0) is 59.8 Å². The fraction of sp³-hybridized carbons (Fsp3) is 0.556. The second kappa shape index (κ2) is 10.7. The first-order valence-electron chi connectivity index (χ1n) is 12.4. The number of carbonyl (C=O) groups is 1. The number of halogens is 2. The number of benzene rings is 1. The maximum Gasteiger partial charge on any atom is 0.253 e. The summed E-state index contributed by atoms with van der Waals surface area (Å²) in [6.07, 6.45) is 2.81. The first kappa shape index (κ1) is 25.1. The first-order valence-corrected chi connectivity index (χ1v) is 13.3. The van der Waals surface area contributed by atoms with Crippen LogP contribution in [-0.4, -0.2) is 34.0 Å². The Kier molecular flexibility index (Phi) is 7.93. The van der Waals surface area contributed by atoms with Gasteiger partial charge in [-0.1, -0.05) is 32.9 Å². The number of fused-ring (bicyclic) bond motifs is 1. The van der Waals surface area contributed by atoms with Gasteiger partial charge in [-0.15, -0.1) is 11.8 Å². The van der Waals surface area contributed by atoms with Crippen molar-refractivity contribution in [1.82, 2.24) is 15.2 Å². The fourth-order valence-electron chi connectivity index (χ4n) is 5.21. The summed E-state index contributed by atoms with van der Waals surface area (Å²) in [5, 5.41) is 3.01. The molecule has 34 heavy (non-hydrogen) atoms. The molecule has 0 radical (unpaired) electrons. The lowest BCUT2D eigenvalue weighted by Crippen LogP contribution is -2.34. The highest BCUT2D eigenvalue weighted by Gasteiger charge is 2.39. The maximum absolute atomic E-state index is 13.6. The van der Waals surface area contributed by atoms with E-state index in [4.69, 9.17) is 4.98 Å². The van der Waals surface area contributed by atoms with Crippen molar-refractivity contribution in [3.05, 3.63) is 58.9 Å². The smallest absolute Gasteiger partial charge is 0.253 e. The summed E-state index contributed by atoms with van der Waals surface area (Å²) in [5.41, 5.74) is 3.73. The molecular formula is C27H35F2N3OS. The van der Waals surface area contributed by atoms with Gasteiger partial charge in [0.15, 0.2) is 0 Å². The summed E-state index contributed by atoms with van der Waals surface area (Å²) >= 11 is 1.80. The molecule has 4 nitrogen and oxygen atoms in total. The molecule has 1 amide bonds. The van der Waals surface area contributed by atoms with Crippen molar-refractivity contribution in [2.24, 2.45) is 11.8 Å². The molecule has 1 aliphatic heterocycles. The van der Waals surface area contributed by atoms with Gasteiger partial charge in [0.1, 0.15) is 0 Å². The molecule has 1 aromatic heterocycles. The molecule has 1 unspecified atom stereocenters. The Bertz CT molecular complexity index is 986. The van der Waals surface area contributed by atoms with E-state index in [-0.39, 0.29) is 24.8 Å². The van der Waals surface area contributed by atoms with E-state index in [1.807, 2.05) is 18.2 Å². The minimum absolute atomic E-state index is 0.00641. The summed E-state index contributed by atoms with van der Waals surface area (Å²) in [4.78, 5) is 21.1. The summed E-state index contributed by atoms with van der Waals surface area (Å²) in [5.74, 6) is -0.946. The zero-order valence-electron chi connectivity index (χ0n) is 20.3. The Morgan fingerprint density at radius 2 is 1.94 bits per heavy atom. The van der Waals surface area contributed by atoms with Crippen molar-refractivity contribution < 1.29 is 13.6 Å². The van der Waals surface area contributed by atoms with Gasteiger partial charge in [-0.2, -0.15) is 0 Å². The quantitative estimate of drug-likeness (QED) is 0.434. The molecule has 1 aromatic carbocycles. The molecule has 184 valence electrons. The molecule has 1 atom stereocenters. The van der Waals surface area contributed by atoms with Crippen LogP contribution in [0.5, 0.6) is 0 Å². The Labute approximate surface area is 205 Å². The second-order valence-corrected chi connectivity index (χ2v) is 11.3. The van der Waals surface area contributed by atoms with E-state index in [0.717, 1.165) is 35.7 Å². The van der Waals surface area contributed by atoms with Crippen LogP contribution >= 0.6 is 11.8 Å². The van der Waals surface area contributed by atoms with Crippen molar-refractivity contribution in [3.63, 3.8) is 0 Å². The molecule has 0 saturated heterocycles. The van der Waals surface area contributed by atoms with Crippen LogP contribution in [0.2, 0.25) is 0 Å². The van der Waals surface area contributed by atoms with Crippen molar-refractivity contribution in [3.8, 4) is 0 Å². The third-order valence-corrected chi connectivity index (χ3v) is 7.85. The molecule has 2 aliphatic rings. The predicted molar refractivity (Wildman–Crippen MR) is 133 cm³/mol. The van der Waals surface area contributed by atoms with Crippen LogP contribution in [0.4, 0.5) is 8.78 Å². The molecule has 1 saturated carbocycles. The molecule has 1 fully saturated rings. The summed E-state index contributed by atoms with van der Waals surface area (Å²) in [6.45, 7) is 8.48. The van der Waals surface area contributed by atoms with E-state index in [1.165, 1.54) is 4.90 Å². The zero-order valence-corrected chi connectivity index (χ0v) is 21.1. The topological polar surface area (TPSA) is 45.2 Å². The highest BCUT2D eigenvalue weighted by molar-refractivity contribution is 7.99. The van der Waals surface area contributed by atoms with E-state index in [2.05, 4.69) is 43.1 Å². The minimum atomic E-state index is -2.50. The molecule has 0 bridgehead atoms. The number of alkyl halides is 2. The number of aromatic nitrogens is 1. The minimum Gasteiger partial charge on any atom is -0.348 e. The van der Waals surface area contributed by atoms with Gasteiger partial charge >= 0.3 is 0 Å². The number of hydrogen-bond acceptors (Lipinski definition) is 4. The lowest BCUT2D eigenvalue weighted by atomic mass is 9.86. The highest BCUT2D eigenvalue weighted by atomic mass is 32.2. The van der Waals surface area contributed by atoms with Crippen LogP contribution in [0, 0.1) is 11.8 Å². The van der Waals surface area contributed by atoms with Crippen LogP contribution < -0.4 is 5.32 Å². The highest BCUT2D eigenvalue weighted by Crippen LogP contribution is 2.41. The van der Waals surface area contributed by atoms with Gasteiger partial charge < -0.3 is 5.32 Å². The van der Waals surface area contributed by atoms with Gasteiger partial charge in [0, 0.05) is 43.6 Å². The number of thioether (sulfide) groups is 1. The fourth-order valence-corrected chi connectivity index (χ4v) is 5.87. The Hall–Kier alpha value is -1.99. The Morgan fingerprint density at radius 3 is 2.59 bits per heavy atom. The number of rotatable bonds is 8. The summed E-state index contributed by atoms with van der Waals surface area (Å²) in [6, 6.07) is 10.4. The van der Waals surface area contributed by atoms with Crippen molar-refractivity contribution >= 4 is 17.7 Å². The van der Waals surface area contributed by atoms with E-state index in [1.54, 1.807) is 18.0 Å². The number of nitrogens with zero attached hydrogens (tertiary/aromatic N) is 2. The summed E-state index contributed by atoms with van der Waals surface area (Å²) in [7, 11) is 0. The average Bonchev–Trinajstić information content (AvgIpc) is 3.17. The van der Waals surface area contributed by atoms with Crippen LogP contribution in [0.25, 0.3) is 0 Å². The average molecular weight is 488 g/mol. The number of amides is 1. The molecule has 2 aromatic rings. The number of nitrogens with one attached hydrogen (secondary N) is 1. The number of pyridine rings is 1. The van der Waals surface area contributed by atoms with Gasteiger partial charge in [0.05, 0.1) is 17.3 Å². The maximum atomic E-state index is 13.6. The van der Waals surface area contributed by atoms with Crippen molar-refractivity contribution in [1.29, 1.82) is 0 Å². The lowest BCUT2D eigenvalue weighted by Gasteiger charge is -2.34. The SMILES string of the molecule is CCSc1ccc(CNC(=O)c2cnc3c(c2)CN(CC2CCC(F)(F)CC2)C3C(C)C)cc1. The van der Waals surface area contributed by atoms with E-state index >= 15 is 0 Å². The monoisotopic (exact) mass is 487 g/mol. The molecule has 1 aliphatic carbocycles. The molecule has 7 heteroatoms. The van der Waals surface area contributed by atoms with Crippen LogP contribution in [-0.2, 0) is 13.1 Å². The van der Waals surface area contributed by atoms with Gasteiger partial charge in [0.25, 0.3) is 5.91 Å². The number of carbonyl (C=O) groups excluding carboxylic acids is 1. The zero-order chi connectivity index (χ0) is 24.3. The van der Waals surface area contributed by atoms with Gasteiger partial charge in [-0.25, -0.2) is 8.78 Å². The lowest BCUT2D eigenvalue weighted by molar-refractivity contribution is -0.0506. The van der Waals surface area contributed by atoms with Gasteiger partial charge in [0.2, 0.25) is 5.92 Å². The van der Waals surface area contributed by atoms with Crippen LogP contribution in [0.1, 0.15) is 79.7 Å². The molecular weight excluding hydrogens is 452 g/mol. The first-order chi connectivity index (χ1) is 16.3. The third-order valence-electron chi connectivity index (χ3n) is 6.96.